The molecule has 0 amide bonds. The number of aliphatic hydroxyl groups is 1. The van der Waals surface area contributed by atoms with E-state index in [1.54, 1.807) is 17.0 Å². The molecule has 106 valence electrons. The van der Waals surface area contributed by atoms with Gasteiger partial charge in [0.1, 0.15) is 0 Å². The highest BCUT2D eigenvalue weighted by Gasteiger charge is 2.37. The fourth-order valence-corrected chi connectivity index (χ4v) is 3.19. The molecular weight excluding hydrogens is 276 g/mol. The highest BCUT2D eigenvalue weighted by molar-refractivity contribution is 6.31. The van der Waals surface area contributed by atoms with Gasteiger partial charge in [0.2, 0.25) is 0 Å². The SMILES string of the molecule is Cc1cc(Cl)cc2c(=O)n(CC3(CO)CCC3)cnc12. The van der Waals surface area contributed by atoms with Crippen molar-refractivity contribution in [2.75, 3.05) is 6.61 Å². The van der Waals surface area contributed by atoms with Crippen LogP contribution < -0.4 is 5.56 Å². The number of aromatic nitrogens is 2. The molecule has 0 unspecified atom stereocenters. The van der Waals surface area contributed by atoms with E-state index in [-0.39, 0.29) is 17.6 Å². The molecule has 3 rings (SSSR count). The minimum absolute atomic E-state index is 0.0830. The zero-order valence-electron chi connectivity index (χ0n) is 11.4. The summed E-state index contributed by atoms with van der Waals surface area (Å²) in [6.07, 6.45) is 4.62. The molecule has 0 atom stereocenters. The van der Waals surface area contributed by atoms with E-state index in [1.165, 1.54) is 0 Å². The van der Waals surface area contributed by atoms with Crippen molar-refractivity contribution in [3.8, 4) is 0 Å². The number of hydrogen-bond acceptors (Lipinski definition) is 3. The van der Waals surface area contributed by atoms with Gasteiger partial charge in [0.25, 0.3) is 5.56 Å². The van der Waals surface area contributed by atoms with Crippen molar-refractivity contribution in [2.24, 2.45) is 5.41 Å². The molecule has 0 radical (unpaired) electrons. The van der Waals surface area contributed by atoms with Gasteiger partial charge in [0.15, 0.2) is 0 Å². The molecule has 1 fully saturated rings. The van der Waals surface area contributed by atoms with Gasteiger partial charge in [-0.15, -0.1) is 0 Å². The van der Waals surface area contributed by atoms with Crippen LogP contribution in [-0.2, 0) is 6.54 Å². The Labute approximate surface area is 122 Å². The number of hydrogen-bond donors (Lipinski definition) is 1. The second kappa shape index (κ2) is 4.86. The van der Waals surface area contributed by atoms with Crippen LogP contribution in [0, 0.1) is 12.3 Å². The van der Waals surface area contributed by atoms with Crippen molar-refractivity contribution in [3.05, 3.63) is 39.4 Å². The minimum atomic E-state index is -0.146. The first-order chi connectivity index (χ1) is 9.54. The van der Waals surface area contributed by atoms with Gasteiger partial charge in [-0.2, -0.15) is 0 Å². The normalized spacial score (nSPS) is 17.1. The third kappa shape index (κ3) is 2.13. The minimum Gasteiger partial charge on any atom is -0.396 e. The fourth-order valence-electron chi connectivity index (χ4n) is 2.92. The average molecular weight is 293 g/mol. The Kier molecular flexibility index (Phi) is 3.30. The number of nitrogens with zero attached hydrogens (tertiary/aromatic N) is 2. The second-order valence-electron chi connectivity index (χ2n) is 5.81. The lowest BCUT2D eigenvalue weighted by Crippen LogP contribution is -2.40. The molecule has 0 spiro atoms. The van der Waals surface area contributed by atoms with Gasteiger partial charge in [0, 0.05) is 17.0 Å². The second-order valence-corrected chi connectivity index (χ2v) is 6.24. The Balaban J connectivity index is 2.09. The molecule has 4 nitrogen and oxygen atoms in total. The van der Waals surface area contributed by atoms with Gasteiger partial charge in [-0.25, -0.2) is 4.98 Å². The van der Waals surface area contributed by atoms with Crippen LogP contribution in [0.1, 0.15) is 24.8 Å². The van der Waals surface area contributed by atoms with E-state index in [0.717, 1.165) is 24.8 Å². The van der Waals surface area contributed by atoms with Gasteiger partial charge in [-0.3, -0.25) is 9.36 Å². The van der Waals surface area contributed by atoms with Crippen LogP contribution in [0.15, 0.2) is 23.3 Å². The first-order valence-electron chi connectivity index (χ1n) is 6.81. The molecule has 0 aliphatic heterocycles. The summed E-state index contributed by atoms with van der Waals surface area (Å²) in [5.74, 6) is 0. The maximum absolute atomic E-state index is 12.5. The van der Waals surface area contributed by atoms with E-state index < -0.39 is 0 Å². The van der Waals surface area contributed by atoms with Gasteiger partial charge >= 0.3 is 0 Å². The Morgan fingerprint density at radius 2 is 2.20 bits per heavy atom. The van der Waals surface area contributed by atoms with Crippen LogP contribution in [0.2, 0.25) is 5.02 Å². The number of aryl methyl sites for hydroxylation is 1. The number of rotatable bonds is 3. The predicted molar refractivity (Wildman–Crippen MR) is 79.1 cm³/mol. The van der Waals surface area contributed by atoms with E-state index in [9.17, 15) is 9.90 Å². The maximum atomic E-state index is 12.5. The predicted octanol–water partition coefficient (Wildman–Crippen LogP) is 2.52. The standard InChI is InChI=1S/C15H17ClN2O2/c1-10-5-11(16)6-12-13(10)17-9-18(14(12)20)7-15(8-19)3-2-4-15/h5-6,9,19H,2-4,7-8H2,1H3. The van der Waals surface area contributed by atoms with Crippen molar-refractivity contribution in [3.63, 3.8) is 0 Å². The molecule has 2 aromatic rings. The molecule has 1 saturated carbocycles. The number of aliphatic hydroxyl groups excluding tert-OH is 1. The van der Waals surface area contributed by atoms with E-state index >= 15 is 0 Å². The maximum Gasteiger partial charge on any atom is 0.261 e. The molecule has 5 heteroatoms. The summed E-state index contributed by atoms with van der Waals surface area (Å²) >= 11 is 6.03. The Hall–Kier alpha value is -1.39. The fraction of sp³-hybridized carbons (Fsp3) is 0.467. The van der Waals surface area contributed by atoms with E-state index in [4.69, 9.17) is 11.6 Å². The molecule has 1 N–H and O–H groups in total. The molecule has 0 saturated heterocycles. The summed E-state index contributed by atoms with van der Waals surface area (Å²) in [7, 11) is 0. The third-order valence-electron chi connectivity index (χ3n) is 4.34. The van der Waals surface area contributed by atoms with E-state index in [1.807, 2.05) is 13.0 Å². The van der Waals surface area contributed by atoms with Crippen molar-refractivity contribution < 1.29 is 5.11 Å². The zero-order valence-corrected chi connectivity index (χ0v) is 12.2. The lowest BCUT2D eigenvalue weighted by atomic mass is 9.69. The van der Waals surface area contributed by atoms with Crippen molar-refractivity contribution >= 4 is 22.5 Å². The largest absolute Gasteiger partial charge is 0.396 e. The molecular formula is C15H17ClN2O2. The summed E-state index contributed by atoms with van der Waals surface area (Å²) in [6, 6.07) is 3.48. The van der Waals surface area contributed by atoms with Crippen molar-refractivity contribution in [1.29, 1.82) is 0 Å². The lowest BCUT2D eigenvalue weighted by Gasteiger charge is -2.40. The summed E-state index contributed by atoms with van der Waals surface area (Å²) in [4.78, 5) is 16.9. The first kappa shape index (κ1) is 13.6. The van der Waals surface area contributed by atoms with Crippen LogP contribution in [0.3, 0.4) is 0 Å². The Bertz CT molecular complexity index is 714. The van der Waals surface area contributed by atoms with E-state index in [0.29, 0.717) is 22.5 Å². The van der Waals surface area contributed by atoms with Crippen LogP contribution in [-0.4, -0.2) is 21.3 Å². The highest BCUT2D eigenvalue weighted by atomic mass is 35.5. The van der Waals surface area contributed by atoms with Crippen molar-refractivity contribution in [2.45, 2.75) is 32.7 Å². The number of halogens is 1. The van der Waals surface area contributed by atoms with Gasteiger partial charge in [-0.1, -0.05) is 18.0 Å². The highest BCUT2D eigenvalue weighted by Crippen LogP contribution is 2.41. The smallest absolute Gasteiger partial charge is 0.261 e. The van der Waals surface area contributed by atoms with Crippen LogP contribution in [0.4, 0.5) is 0 Å². The quantitative estimate of drug-likeness (QED) is 0.946. The molecule has 0 bridgehead atoms. The molecule has 1 aromatic heterocycles. The van der Waals surface area contributed by atoms with Crippen LogP contribution >= 0.6 is 11.6 Å². The molecule has 1 aromatic carbocycles. The van der Waals surface area contributed by atoms with Gasteiger partial charge < -0.3 is 5.11 Å². The average Bonchev–Trinajstić information content (AvgIpc) is 2.37. The monoisotopic (exact) mass is 292 g/mol. The van der Waals surface area contributed by atoms with E-state index in [2.05, 4.69) is 4.98 Å². The topological polar surface area (TPSA) is 55.1 Å². The molecule has 1 heterocycles. The van der Waals surface area contributed by atoms with Gasteiger partial charge in [-0.05, 0) is 37.5 Å². The lowest BCUT2D eigenvalue weighted by molar-refractivity contribution is 0.0265. The summed E-state index contributed by atoms with van der Waals surface area (Å²) in [5, 5.41) is 10.6. The van der Waals surface area contributed by atoms with Crippen LogP contribution in [0.5, 0.6) is 0 Å². The zero-order chi connectivity index (χ0) is 14.3. The molecule has 20 heavy (non-hydrogen) atoms. The number of fused-ring (bicyclic) bond motifs is 1. The van der Waals surface area contributed by atoms with Crippen molar-refractivity contribution in [1.82, 2.24) is 9.55 Å². The molecule has 1 aliphatic carbocycles. The Morgan fingerprint density at radius 3 is 2.80 bits per heavy atom. The molecule has 1 aliphatic rings. The number of benzene rings is 1. The summed E-state index contributed by atoms with van der Waals surface area (Å²) in [5.41, 5.74) is 1.37. The Morgan fingerprint density at radius 1 is 1.45 bits per heavy atom. The van der Waals surface area contributed by atoms with Gasteiger partial charge in [0.05, 0.1) is 23.8 Å². The summed E-state index contributed by atoms with van der Waals surface area (Å²) < 4.78 is 1.60. The first-order valence-corrected chi connectivity index (χ1v) is 7.19. The third-order valence-corrected chi connectivity index (χ3v) is 4.56. The van der Waals surface area contributed by atoms with Crippen LogP contribution in [0.25, 0.3) is 10.9 Å². The summed E-state index contributed by atoms with van der Waals surface area (Å²) in [6.45, 7) is 2.54.